The molecule has 3 aromatic rings. The Morgan fingerprint density at radius 3 is 2.27 bits per heavy atom. The smallest absolute Gasteiger partial charge is 0.348 e. The van der Waals surface area contributed by atoms with Gasteiger partial charge in [-0.3, -0.25) is 4.79 Å². The van der Waals surface area contributed by atoms with E-state index in [1.165, 1.54) is 6.08 Å². The Hall–Kier alpha value is -3.35. The van der Waals surface area contributed by atoms with Gasteiger partial charge in [-0.15, -0.1) is 11.3 Å². The van der Waals surface area contributed by atoms with Crippen LogP contribution in [0.25, 0.3) is 6.08 Å². The van der Waals surface area contributed by atoms with E-state index in [0.29, 0.717) is 42.4 Å². The van der Waals surface area contributed by atoms with E-state index >= 15 is 0 Å². The fraction of sp³-hybridized carbons (Fsp3) is 0.241. The lowest BCUT2D eigenvalue weighted by molar-refractivity contribution is -0.114. The van der Waals surface area contributed by atoms with E-state index in [0.717, 1.165) is 11.3 Å². The number of halogens is 3. The maximum absolute atomic E-state index is 13.3. The Balaban J connectivity index is 1.94. The lowest BCUT2D eigenvalue weighted by atomic mass is 10.0. The van der Waals surface area contributed by atoms with Crippen LogP contribution in [0, 0.1) is 18.3 Å². The summed E-state index contributed by atoms with van der Waals surface area (Å²) in [6.07, 6.45) is 1.05. The highest BCUT2D eigenvalue weighted by atomic mass is 35.5. The quantitative estimate of drug-likeness (QED) is 0.123. The number of benzene rings is 2. The molecule has 0 fully saturated rings. The van der Waals surface area contributed by atoms with Crippen molar-refractivity contribution in [2.45, 2.75) is 33.8 Å². The fourth-order valence-electron chi connectivity index (χ4n) is 3.69. The molecule has 11 heteroatoms. The number of allylic oxidation sites excluding steroid dienone is 1. The number of hydrogen-bond donors (Lipinski definition) is 0. The lowest BCUT2D eigenvalue weighted by Crippen LogP contribution is -2.12. The van der Waals surface area contributed by atoms with Crippen LogP contribution < -0.4 is 4.74 Å². The summed E-state index contributed by atoms with van der Waals surface area (Å²) in [5.74, 6) is -1.48. The molecule has 0 saturated carbocycles. The molecule has 2 aromatic carbocycles. The van der Waals surface area contributed by atoms with Gasteiger partial charge in [-0.1, -0.05) is 40.9 Å². The van der Waals surface area contributed by atoms with Crippen LogP contribution in [0.4, 0.5) is 0 Å². The molecule has 0 bridgehead atoms. The van der Waals surface area contributed by atoms with Gasteiger partial charge in [0.2, 0.25) is 0 Å². The van der Waals surface area contributed by atoms with Gasteiger partial charge < -0.3 is 14.2 Å². The number of nitriles is 1. The molecule has 0 radical (unpaired) electrons. The highest BCUT2D eigenvalue weighted by molar-refractivity contribution is 7.14. The number of ether oxygens (including phenoxy) is 3. The summed E-state index contributed by atoms with van der Waals surface area (Å²) in [7, 11) is 0. The Morgan fingerprint density at radius 2 is 1.62 bits per heavy atom. The summed E-state index contributed by atoms with van der Waals surface area (Å²) in [5.41, 5.74) is 1.35. The van der Waals surface area contributed by atoms with Crippen LogP contribution in [-0.4, -0.2) is 30.9 Å². The molecule has 0 aliphatic heterocycles. The van der Waals surface area contributed by atoms with Crippen molar-refractivity contribution in [1.82, 2.24) is 0 Å². The number of rotatable bonds is 11. The Morgan fingerprint density at radius 1 is 0.975 bits per heavy atom. The maximum atomic E-state index is 13.3. The second kappa shape index (κ2) is 14.3. The minimum absolute atomic E-state index is 0.0995. The molecule has 1 heterocycles. The van der Waals surface area contributed by atoms with E-state index in [4.69, 9.17) is 49.0 Å². The van der Waals surface area contributed by atoms with Crippen molar-refractivity contribution in [3.05, 3.63) is 89.0 Å². The SMILES string of the molecule is CCOC(=O)c1sc(CC(=O)/C(C#N)=C/c2cc(Cl)ccc2OCc2ccc(Cl)cc2Cl)c(C(=O)OCC)c1C. The number of thiophene rings is 1. The Kier molecular flexibility index (Phi) is 11.2. The molecule has 0 unspecified atom stereocenters. The molecule has 208 valence electrons. The van der Waals surface area contributed by atoms with Gasteiger partial charge in [0.25, 0.3) is 0 Å². The van der Waals surface area contributed by atoms with Crippen LogP contribution in [0.5, 0.6) is 5.75 Å². The van der Waals surface area contributed by atoms with Gasteiger partial charge in [0.05, 0.1) is 24.4 Å². The van der Waals surface area contributed by atoms with Crippen molar-refractivity contribution in [3.63, 3.8) is 0 Å². The van der Waals surface area contributed by atoms with Crippen LogP contribution >= 0.6 is 46.1 Å². The van der Waals surface area contributed by atoms with Crippen LogP contribution in [0.1, 0.15) is 55.4 Å². The van der Waals surface area contributed by atoms with E-state index in [1.807, 2.05) is 6.07 Å². The van der Waals surface area contributed by atoms with Crippen LogP contribution in [0.15, 0.2) is 42.0 Å². The van der Waals surface area contributed by atoms with Crippen molar-refractivity contribution < 1.29 is 28.6 Å². The zero-order valence-electron chi connectivity index (χ0n) is 21.8. The van der Waals surface area contributed by atoms with E-state index in [2.05, 4.69) is 0 Å². The van der Waals surface area contributed by atoms with Crippen molar-refractivity contribution in [2.75, 3.05) is 13.2 Å². The number of hydrogen-bond acceptors (Lipinski definition) is 8. The summed E-state index contributed by atoms with van der Waals surface area (Å²) in [6.45, 7) is 5.26. The fourth-order valence-corrected chi connectivity index (χ4v) is 5.52. The summed E-state index contributed by atoms with van der Waals surface area (Å²) >= 11 is 19.4. The largest absolute Gasteiger partial charge is 0.488 e. The van der Waals surface area contributed by atoms with E-state index in [1.54, 1.807) is 57.2 Å². The summed E-state index contributed by atoms with van der Waals surface area (Å²) in [5, 5.41) is 11.1. The maximum Gasteiger partial charge on any atom is 0.348 e. The first-order valence-corrected chi connectivity index (χ1v) is 14.0. The third-order valence-corrected chi connectivity index (χ3v) is 7.67. The first kappa shape index (κ1) is 31.2. The molecule has 1 aromatic heterocycles. The van der Waals surface area contributed by atoms with Crippen molar-refractivity contribution >= 4 is 69.9 Å². The second-order valence-corrected chi connectivity index (χ2v) is 10.7. The summed E-state index contributed by atoms with van der Waals surface area (Å²) in [6, 6.07) is 11.7. The topological polar surface area (TPSA) is 103 Å². The molecule has 0 N–H and O–H groups in total. The van der Waals surface area contributed by atoms with Crippen molar-refractivity contribution in [3.8, 4) is 11.8 Å². The highest BCUT2D eigenvalue weighted by Crippen LogP contribution is 2.32. The molecule has 0 aliphatic rings. The van der Waals surface area contributed by atoms with Gasteiger partial charge in [-0.25, -0.2) is 9.59 Å². The molecule has 0 saturated heterocycles. The number of ketones is 1. The highest BCUT2D eigenvalue weighted by Gasteiger charge is 2.28. The zero-order chi connectivity index (χ0) is 29.4. The molecular formula is C29H24Cl3NO6S. The molecular weight excluding hydrogens is 597 g/mol. The molecule has 0 spiro atoms. The predicted molar refractivity (Wildman–Crippen MR) is 156 cm³/mol. The molecule has 0 atom stereocenters. The molecule has 40 heavy (non-hydrogen) atoms. The number of nitrogens with zero attached hydrogens (tertiary/aromatic N) is 1. The number of Topliss-reactive ketones (excluding diaryl/α,β-unsaturated/α-hetero) is 1. The van der Waals surface area contributed by atoms with Crippen LogP contribution in [0.3, 0.4) is 0 Å². The minimum Gasteiger partial charge on any atom is -0.488 e. The average Bonchev–Trinajstić information content (AvgIpc) is 3.23. The average molecular weight is 621 g/mol. The number of carbonyl (C=O) groups is 3. The lowest BCUT2D eigenvalue weighted by Gasteiger charge is -2.11. The minimum atomic E-state index is -0.663. The van der Waals surface area contributed by atoms with Gasteiger partial charge in [0.15, 0.2) is 5.78 Å². The molecule has 0 aliphatic carbocycles. The van der Waals surface area contributed by atoms with Gasteiger partial charge >= 0.3 is 11.9 Å². The number of carbonyl (C=O) groups excluding carboxylic acids is 3. The second-order valence-electron chi connectivity index (χ2n) is 8.27. The Bertz CT molecular complexity index is 1520. The van der Waals surface area contributed by atoms with Gasteiger partial charge in [-0.05, 0) is 62.7 Å². The van der Waals surface area contributed by atoms with Gasteiger partial charge in [-0.2, -0.15) is 5.26 Å². The first-order chi connectivity index (χ1) is 19.1. The Labute approximate surface area is 250 Å². The summed E-state index contributed by atoms with van der Waals surface area (Å²) < 4.78 is 16.2. The third kappa shape index (κ3) is 7.64. The molecule has 0 amide bonds. The van der Waals surface area contributed by atoms with Crippen molar-refractivity contribution in [1.29, 1.82) is 5.26 Å². The third-order valence-electron chi connectivity index (χ3n) is 5.57. The van der Waals surface area contributed by atoms with Crippen LogP contribution in [-0.2, 0) is 27.3 Å². The molecule has 7 nitrogen and oxygen atoms in total. The monoisotopic (exact) mass is 619 g/mol. The van der Waals surface area contributed by atoms with E-state index in [-0.39, 0.29) is 42.3 Å². The number of esters is 2. The molecule has 3 rings (SSSR count). The first-order valence-electron chi connectivity index (χ1n) is 12.1. The van der Waals surface area contributed by atoms with E-state index < -0.39 is 17.7 Å². The van der Waals surface area contributed by atoms with Crippen LogP contribution in [0.2, 0.25) is 15.1 Å². The van der Waals surface area contributed by atoms with E-state index in [9.17, 15) is 19.6 Å². The predicted octanol–water partition coefficient (Wildman–Crippen LogP) is 7.67. The van der Waals surface area contributed by atoms with Crippen molar-refractivity contribution in [2.24, 2.45) is 0 Å². The zero-order valence-corrected chi connectivity index (χ0v) is 24.9. The summed E-state index contributed by atoms with van der Waals surface area (Å²) in [4.78, 5) is 38.9. The van der Waals surface area contributed by atoms with Gasteiger partial charge in [0, 0.05) is 37.5 Å². The normalized spacial score (nSPS) is 11.1. The standard InChI is InChI=1S/C29H24Cl3NO6S/c1-4-37-28(35)26-16(3)27(29(36)38-5-2)40-25(26)13-23(34)19(14-33)10-18-11-20(30)8-9-24(18)39-15-17-6-7-21(31)12-22(17)32/h6-12H,4-5,13,15H2,1-3H3/b19-10+. The van der Waals surface area contributed by atoms with Gasteiger partial charge in [0.1, 0.15) is 23.3 Å².